The molecule has 1 aromatic heterocycles. The molecule has 2 nitrogen and oxygen atoms in total. The minimum atomic E-state index is 0. The number of rotatable bonds is 2. The maximum Gasteiger partial charge on any atom is 0.212 e. The van der Waals surface area contributed by atoms with E-state index in [9.17, 15) is 0 Å². The van der Waals surface area contributed by atoms with Crippen molar-refractivity contribution < 1.29 is 17.0 Å². The van der Waals surface area contributed by atoms with Crippen LogP contribution in [0.1, 0.15) is 11.1 Å². The Kier molecular flexibility index (Phi) is 5.24. The smallest absolute Gasteiger partial charge is 0.212 e. The van der Waals surface area contributed by atoms with Crippen molar-refractivity contribution in [3.05, 3.63) is 96.3 Å². The second kappa shape index (κ2) is 7.59. The van der Waals surface area contributed by atoms with Crippen molar-refractivity contribution in [2.45, 2.75) is 0 Å². The second-order valence-electron chi connectivity index (χ2n) is 6.32. The Morgan fingerprint density at radius 1 is 0.962 bits per heavy atom. The van der Waals surface area contributed by atoms with Crippen LogP contribution in [0, 0.1) is 0 Å². The Balaban J connectivity index is 0.00000196. The first-order chi connectivity index (χ1) is 12.2. The average molecular weight is 361 g/mol. The predicted molar refractivity (Wildman–Crippen MR) is 106 cm³/mol. The summed E-state index contributed by atoms with van der Waals surface area (Å²) in [4.78, 5) is 2.15. The highest BCUT2D eigenvalue weighted by atomic mass is 35.5. The Morgan fingerprint density at radius 3 is 2.62 bits per heavy atom. The first-order valence-electron chi connectivity index (χ1n) is 8.50. The zero-order chi connectivity index (χ0) is 17.2. The highest BCUT2D eigenvalue weighted by molar-refractivity contribution is 5.88. The van der Waals surface area contributed by atoms with Crippen molar-refractivity contribution in [3.63, 3.8) is 0 Å². The maximum absolute atomic E-state index is 2.18. The van der Waals surface area contributed by atoms with Gasteiger partial charge in [-0.05, 0) is 29.3 Å². The minimum Gasteiger partial charge on any atom is -1.00 e. The van der Waals surface area contributed by atoms with Gasteiger partial charge in [0, 0.05) is 36.6 Å². The molecule has 1 aliphatic rings. The molecular formula is C23H21ClN2. The number of para-hydroxylation sites is 2. The highest BCUT2D eigenvalue weighted by Gasteiger charge is 2.11. The van der Waals surface area contributed by atoms with Crippen LogP contribution < -0.4 is 21.9 Å². The summed E-state index contributed by atoms with van der Waals surface area (Å²) in [5, 5.41) is 1.27. The molecule has 1 aliphatic heterocycles. The summed E-state index contributed by atoms with van der Waals surface area (Å²) in [5.41, 5.74) is 6.21. The molecule has 0 aliphatic carbocycles. The van der Waals surface area contributed by atoms with Gasteiger partial charge in [-0.1, -0.05) is 48.6 Å². The molecule has 3 heteroatoms. The van der Waals surface area contributed by atoms with Crippen molar-refractivity contribution in [1.82, 2.24) is 0 Å². The van der Waals surface area contributed by atoms with Gasteiger partial charge in [-0.15, -0.1) is 0 Å². The van der Waals surface area contributed by atoms with Gasteiger partial charge < -0.3 is 17.3 Å². The molecule has 130 valence electrons. The standard InChI is InChI=1S/C23H21N2.ClH/c1-24-16-14-18(20-10-3-5-12-22(20)24)8-7-9-19-15-17-25(2)23-13-6-4-11-21(19)23;/h3-17H,1-2H3;1H/q+1;/p-1. The lowest BCUT2D eigenvalue weighted by molar-refractivity contribution is -0.644. The predicted octanol–water partition coefficient (Wildman–Crippen LogP) is 1.73. The van der Waals surface area contributed by atoms with Crippen molar-refractivity contribution in [2.24, 2.45) is 7.05 Å². The fraction of sp³-hybridized carbons (Fsp3) is 0.0870. The molecule has 0 unspecified atom stereocenters. The van der Waals surface area contributed by atoms with E-state index in [-0.39, 0.29) is 12.4 Å². The molecule has 0 saturated carbocycles. The third-order valence-electron chi connectivity index (χ3n) is 4.70. The van der Waals surface area contributed by atoms with E-state index >= 15 is 0 Å². The SMILES string of the molecule is CN1C=CC(=CC=Cc2cc[n+](C)c3ccccc23)c2ccccc21.[Cl-]. The fourth-order valence-electron chi connectivity index (χ4n) is 3.32. The summed E-state index contributed by atoms with van der Waals surface area (Å²) >= 11 is 0. The van der Waals surface area contributed by atoms with E-state index in [2.05, 4.69) is 115 Å². The molecule has 26 heavy (non-hydrogen) atoms. The molecule has 2 aromatic carbocycles. The van der Waals surface area contributed by atoms with Crippen LogP contribution in [0.2, 0.25) is 0 Å². The summed E-state index contributed by atoms with van der Waals surface area (Å²) < 4.78 is 2.15. The molecule has 2 heterocycles. The van der Waals surface area contributed by atoms with Crippen molar-refractivity contribution in [2.75, 3.05) is 11.9 Å². The molecule has 0 amide bonds. The van der Waals surface area contributed by atoms with Gasteiger partial charge in [-0.3, -0.25) is 0 Å². The third-order valence-corrected chi connectivity index (χ3v) is 4.70. The van der Waals surface area contributed by atoms with E-state index in [1.807, 2.05) is 0 Å². The number of benzene rings is 2. The average Bonchev–Trinajstić information content (AvgIpc) is 2.66. The highest BCUT2D eigenvalue weighted by Crippen LogP contribution is 2.31. The van der Waals surface area contributed by atoms with Crippen LogP contribution in [0.25, 0.3) is 22.6 Å². The Labute approximate surface area is 160 Å². The van der Waals surface area contributed by atoms with Crippen LogP contribution >= 0.6 is 0 Å². The maximum atomic E-state index is 2.18. The number of aromatic nitrogens is 1. The lowest BCUT2D eigenvalue weighted by Gasteiger charge is -2.23. The molecule has 0 bridgehead atoms. The van der Waals surface area contributed by atoms with Gasteiger partial charge in [0.1, 0.15) is 7.05 Å². The third kappa shape index (κ3) is 3.29. The van der Waals surface area contributed by atoms with Crippen LogP contribution in [0.3, 0.4) is 0 Å². The molecular weight excluding hydrogens is 340 g/mol. The minimum absolute atomic E-state index is 0. The molecule has 0 atom stereocenters. The summed E-state index contributed by atoms with van der Waals surface area (Å²) in [6.07, 6.45) is 12.9. The lowest BCUT2D eigenvalue weighted by atomic mass is 9.99. The largest absolute Gasteiger partial charge is 1.00 e. The van der Waals surface area contributed by atoms with E-state index in [1.165, 1.54) is 33.3 Å². The number of allylic oxidation sites excluding steroid dienone is 4. The molecule has 0 N–H and O–H groups in total. The zero-order valence-corrected chi connectivity index (χ0v) is 15.7. The number of fused-ring (bicyclic) bond motifs is 2. The van der Waals surface area contributed by atoms with Gasteiger partial charge in [0.25, 0.3) is 0 Å². The van der Waals surface area contributed by atoms with Crippen molar-refractivity contribution in [1.29, 1.82) is 0 Å². The van der Waals surface area contributed by atoms with Crippen LogP contribution in [-0.2, 0) is 7.05 Å². The number of nitrogens with zero attached hydrogens (tertiary/aromatic N) is 2. The summed E-state index contributed by atoms with van der Waals surface area (Å²) in [7, 11) is 4.16. The van der Waals surface area contributed by atoms with Crippen LogP contribution in [-0.4, -0.2) is 7.05 Å². The fourth-order valence-corrected chi connectivity index (χ4v) is 3.32. The quantitative estimate of drug-likeness (QED) is 0.631. The second-order valence-corrected chi connectivity index (χ2v) is 6.32. The summed E-state index contributed by atoms with van der Waals surface area (Å²) in [6, 6.07) is 19.2. The molecule has 0 radical (unpaired) electrons. The van der Waals surface area contributed by atoms with E-state index in [4.69, 9.17) is 0 Å². The number of hydrogen-bond acceptors (Lipinski definition) is 1. The normalized spacial score (nSPS) is 14.7. The first kappa shape index (κ1) is 18.0. The Morgan fingerprint density at radius 2 is 1.73 bits per heavy atom. The van der Waals surface area contributed by atoms with Crippen molar-refractivity contribution in [3.8, 4) is 0 Å². The van der Waals surface area contributed by atoms with Gasteiger partial charge in [0.05, 0.1) is 5.39 Å². The van der Waals surface area contributed by atoms with Gasteiger partial charge in [-0.2, -0.15) is 0 Å². The molecule has 0 spiro atoms. The number of halogens is 1. The van der Waals surface area contributed by atoms with Crippen LogP contribution in [0.15, 0.2) is 85.2 Å². The van der Waals surface area contributed by atoms with Gasteiger partial charge in [0.2, 0.25) is 5.52 Å². The number of anilines is 1. The van der Waals surface area contributed by atoms with Gasteiger partial charge >= 0.3 is 0 Å². The van der Waals surface area contributed by atoms with Gasteiger partial charge in [-0.25, -0.2) is 4.57 Å². The number of pyridine rings is 1. The molecule has 4 rings (SSSR count). The number of aryl methyl sites for hydroxylation is 1. The zero-order valence-electron chi connectivity index (χ0n) is 14.9. The van der Waals surface area contributed by atoms with Crippen LogP contribution in [0.4, 0.5) is 5.69 Å². The van der Waals surface area contributed by atoms with E-state index in [1.54, 1.807) is 0 Å². The number of hydrogen-bond donors (Lipinski definition) is 0. The molecule has 3 aromatic rings. The Hall–Kier alpha value is -2.84. The molecule has 0 fully saturated rings. The summed E-state index contributed by atoms with van der Waals surface area (Å²) in [6.45, 7) is 0. The lowest BCUT2D eigenvalue weighted by Crippen LogP contribution is -3.00. The molecule has 0 saturated heterocycles. The monoisotopic (exact) mass is 360 g/mol. The topological polar surface area (TPSA) is 7.12 Å². The van der Waals surface area contributed by atoms with E-state index in [0.29, 0.717) is 0 Å². The van der Waals surface area contributed by atoms with Gasteiger partial charge in [0.15, 0.2) is 6.20 Å². The summed E-state index contributed by atoms with van der Waals surface area (Å²) in [5.74, 6) is 0. The van der Waals surface area contributed by atoms with Crippen molar-refractivity contribution >= 4 is 28.2 Å². The first-order valence-corrected chi connectivity index (χ1v) is 8.50. The van der Waals surface area contributed by atoms with E-state index < -0.39 is 0 Å². The van der Waals surface area contributed by atoms with Crippen LogP contribution in [0.5, 0.6) is 0 Å². The Bertz CT molecular complexity index is 1030. The van der Waals surface area contributed by atoms with E-state index in [0.717, 1.165) is 0 Å².